The maximum atomic E-state index is 13.3. The number of nitrogens with two attached hydrogens (primary N) is 1. The van der Waals surface area contributed by atoms with Crippen LogP contribution in [-0.4, -0.2) is 4.98 Å². The first-order valence-corrected chi connectivity index (χ1v) is 6.71. The van der Waals surface area contributed by atoms with E-state index in [9.17, 15) is 4.39 Å². The molecule has 2 aromatic carbocycles. The molecule has 106 valence electrons. The van der Waals surface area contributed by atoms with Gasteiger partial charge < -0.3 is 10.5 Å². The molecule has 21 heavy (non-hydrogen) atoms. The molecule has 0 amide bonds. The predicted molar refractivity (Wildman–Crippen MR) is 80.8 cm³/mol. The molecular formula is C17H15FN2O. The molecule has 0 spiro atoms. The molecule has 1 aromatic heterocycles. The Morgan fingerprint density at radius 3 is 2.76 bits per heavy atom. The first kappa shape index (κ1) is 13.5. The van der Waals surface area contributed by atoms with E-state index < -0.39 is 0 Å². The number of aromatic nitrogens is 1. The van der Waals surface area contributed by atoms with Crippen LogP contribution in [0.15, 0.2) is 54.7 Å². The third kappa shape index (κ3) is 2.85. The lowest BCUT2D eigenvalue weighted by Crippen LogP contribution is -2.07. The molecule has 0 aliphatic carbocycles. The van der Waals surface area contributed by atoms with Crippen molar-refractivity contribution < 1.29 is 9.13 Å². The minimum Gasteiger partial charge on any atom is -0.455 e. The molecule has 0 bridgehead atoms. The van der Waals surface area contributed by atoms with E-state index >= 15 is 0 Å². The fourth-order valence-corrected chi connectivity index (χ4v) is 2.20. The molecule has 1 atom stereocenters. The van der Waals surface area contributed by atoms with Gasteiger partial charge in [-0.3, -0.25) is 4.98 Å². The highest BCUT2D eigenvalue weighted by Crippen LogP contribution is 2.30. The summed E-state index contributed by atoms with van der Waals surface area (Å²) in [5.74, 6) is 0.817. The Kier molecular flexibility index (Phi) is 3.54. The van der Waals surface area contributed by atoms with Crippen LogP contribution in [0.3, 0.4) is 0 Å². The summed E-state index contributed by atoms with van der Waals surface area (Å²) in [6.07, 6.45) is 1.65. The van der Waals surface area contributed by atoms with E-state index in [1.54, 1.807) is 19.2 Å². The van der Waals surface area contributed by atoms with E-state index in [4.69, 9.17) is 10.5 Å². The third-order valence-corrected chi connectivity index (χ3v) is 3.26. The highest BCUT2D eigenvalue weighted by atomic mass is 19.1. The quantitative estimate of drug-likeness (QED) is 0.783. The molecule has 4 heteroatoms. The minimum atomic E-state index is -0.328. The Bertz CT molecular complexity index is 787. The molecule has 0 radical (unpaired) electrons. The van der Waals surface area contributed by atoms with Gasteiger partial charge in [0.15, 0.2) is 0 Å². The van der Waals surface area contributed by atoms with Gasteiger partial charge >= 0.3 is 0 Å². The number of nitrogens with zero attached hydrogens (tertiary/aromatic N) is 1. The maximum absolute atomic E-state index is 13.3. The second kappa shape index (κ2) is 5.50. The van der Waals surface area contributed by atoms with E-state index in [-0.39, 0.29) is 11.9 Å². The third-order valence-electron chi connectivity index (χ3n) is 3.26. The number of hydrogen-bond acceptors (Lipinski definition) is 3. The highest BCUT2D eigenvalue weighted by molar-refractivity contribution is 5.79. The van der Waals surface area contributed by atoms with Crippen LogP contribution in [0, 0.1) is 5.82 Å². The summed E-state index contributed by atoms with van der Waals surface area (Å²) in [6, 6.07) is 13.7. The van der Waals surface area contributed by atoms with E-state index in [0.717, 1.165) is 10.9 Å². The number of fused-ring (bicyclic) bond motifs is 1. The number of para-hydroxylation sites is 1. The fraction of sp³-hybridized carbons (Fsp3) is 0.118. The van der Waals surface area contributed by atoms with Crippen LogP contribution < -0.4 is 10.5 Å². The van der Waals surface area contributed by atoms with Crippen molar-refractivity contribution in [2.45, 2.75) is 13.0 Å². The van der Waals surface area contributed by atoms with Crippen molar-refractivity contribution in [1.82, 2.24) is 4.98 Å². The molecule has 0 aliphatic heterocycles. The topological polar surface area (TPSA) is 48.1 Å². The van der Waals surface area contributed by atoms with Crippen molar-refractivity contribution >= 4 is 10.9 Å². The summed E-state index contributed by atoms with van der Waals surface area (Å²) in [5, 5.41) is 0.986. The first-order chi connectivity index (χ1) is 10.1. The maximum Gasteiger partial charge on any atom is 0.146 e. The van der Waals surface area contributed by atoms with E-state index in [2.05, 4.69) is 4.98 Å². The van der Waals surface area contributed by atoms with Gasteiger partial charge in [0.25, 0.3) is 0 Å². The molecular weight excluding hydrogens is 267 g/mol. The van der Waals surface area contributed by atoms with Gasteiger partial charge in [-0.25, -0.2) is 4.39 Å². The average molecular weight is 282 g/mol. The average Bonchev–Trinajstić information content (AvgIpc) is 2.49. The van der Waals surface area contributed by atoms with Crippen molar-refractivity contribution in [2.75, 3.05) is 0 Å². The first-order valence-electron chi connectivity index (χ1n) is 6.71. The van der Waals surface area contributed by atoms with Crippen LogP contribution in [0.25, 0.3) is 10.9 Å². The van der Waals surface area contributed by atoms with Gasteiger partial charge in [-0.2, -0.15) is 0 Å². The largest absolute Gasteiger partial charge is 0.455 e. The Labute approximate surface area is 122 Å². The minimum absolute atomic E-state index is 0.316. The van der Waals surface area contributed by atoms with Gasteiger partial charge in [-0.05, 0) is 37.3 Å². The lowest BCUT2D eigenvalue weighted by atomic mass is 10.1. The van der Waals surface area contributed by atoms with Crippen LogP contribution in [-0.2, 0) is 0 Å². The number of benzene rings is 2. The lowest BCUT2D eigenvalue weighted by Gasteiger charge is -2.14. The summed E-state index contributed by atoms with van der Waals surface area (Å²) < 4.78 is 19.2. The predicted octanol–water partition coefficient (Wildman–Crippen LogP) is 4.19. The van der Waals surface area contributed by atoms with Crippen molar-refractivity contribution in [1.29, 1.82) is 0 Å². The van der Waals surface area contributed by atoms with Crippen molar-refractivity contribution in [2.24, 2.45) is 5.73 Å². The number of ether oxygens (including phenoxy) is 1. The van der Waals surface area contributed by atoms with Gasteiger partial charge in [-0.15, -0.1) is 0 Å². The Morgan fingerprint density at radius 2 is 1.95 bits per heavy atom. The number of rotatable bonds is 3. The standard InChI is InChI=1S/C17H15FN2O/c1-11(19)15-9-13(18)6-7-17(15)21-14-8-12-4-2-3-5-16(12)20-10-14/h2-11H,19H2,1H3/t11-/m1/s1. The van der Waals surface area contributed by atoms with Gasteiger partial charge in [0, 0.05) is 17.0 Å². The molecule has 0 aliphatic rings. The molecule has 0 saturated heterocycles. The molecule has 2 N–H and O–H groups in total. The highest BCUT2D eigenvalue weighted by Gasteiger charge is 2.11. The zero-order chi connectivity index (χ0) is 14.8. The van der Waals surface area contributed by atoms with E-state index in [1.807, 2.05) is 30.3 Å². The smallest absolute Gasteiger partial charge is 0.146 e. The monoisotopic (exact) mass is 282 g/mol. The molecule has 0 saturated carbocycles. The zero-order valence-electron chi connectivity index (χ0n) is 11.6. The molecule has 1 heterocycles. The van der Waals surface area contributed by atoms with Crippen LogP contribution in [0.5, 0.6) is 11.5 Å². The molecule has 0 unspecified atom stereocenters. The van der Waals surface area contributed by atoms with Crippen LogP contribution >= 0.6 is 0 Å². The summed E-state index contributed by atoms with van der Waals surface area (Å²) in [7, 11) is 0. The number of halogens is 1. The number of pyridine rings is 1. The van der Waals surface area contributed by atoms with E-state index in [0.29, 0.717) is 17.1 Å². The van der Waals surface area contributed by atoms with Crippen molar-refractivity contribution in [3.63, 3.8) is 0 Å². The van der Waals surface area contributed by atoms with E-state index in [1.165, 1.54) is 12.1 Å². The Balaban J connectivity index is 1.98. The normalized spacial score (nSPS) is 12.3. The zero-order valence-corrected chi connectivity index (χ0v) is 11.6. The molecule has 3 rings (SSSR count). The summed E-state index contributed by atoms with van der Waals surface area (Å²) in [6.45, 7) is 1.79. The SMILES string of the molecule is C[C@@H](N)c1cc(F)ccc1Oc1cnc2ccccc2c1. The van der Waals surface area contributed by atoms with Crippen molar-refractivity contribution in [3.05, 3.63) is 66.1 Å². The fourth-order valence-electron chi connectivity index (χ4n) is 2.20. The van der Waals surface area contributed by atoms with Crippen LogP contribution in [0.4, 0.5) is 4.39 Å². The van der Waals surface area contributed by atoms with Gasteiger partial charge in [-0.1, -0.05) is 18.2 Å². The number of hydrogen-bond donors (Lipinski definition) is 1. The van der Waals surface area contributed by atoms with Crippen LogP contribution in [0.2, 0.25) is 0 Å². The van der Waals surface area contributed by atoms with Crippen molar-refractivity contribution in [3.8, 4) is 11.5 Å². The summed E-state index contributed by atoms with van der Waals surface area (Å²) in [5.41, 5.74) is 7.39. The van der Waals surface area contributed by atoms with Gasteiger partial charge in [0.1, 0.15) is 17.3 Å². The Morgan fingerprint density at radius 1 is 1.14 bits per heavy atom. The molecule has 0 fully saturated rings. The Hall–Kier alpha value is -2.46. The summed E-state index contributed by atoms with van der Waals surface area (Å²) >= 11 is 0. The van der Waals surface area contributed by atoms with Crippen LogP contribution in [0.1, 0.15) is 18.5 Å². The molecule has 3 nitrogen and oxygen atoms in total. The second-order valence-electron chi connectivity index (χ2n) is 4.94. The summed E-state index contributed by atoms with van der Waals surface area (Å²) in [4.78, 5) is 4.34. The second-order valence-corrected chi connectivity index (χ2v) is 4.94. The van der Waals surface area contributed by atoms with Gasteiger partial charge in [0.2, 0.25) is 0 Å². The molecule has 3 aromatic rings. The van der Waals surface area contributed by atoms with Gasteiger partial charge in [0.05, 0.1) is 11.7 Å². The lowest BCUT2D eigenvalue weighted by molar-refractivity contribution is 0.468.